The second-order valence-corrected chi connectivity index (χ2v) is 17.6. The van der Waals surface area contributed by atoms with Crippen molar-refractivity contribution in [2.75, 3.05) is 28.4 Å². The molecular formula is C44H45O10P2Pd+. The third kappa shape index (κ3) is 12.0. The molecule has 0 spiro atoms. The van der Waals surface area contributed by atoms with Gasteiger partial charge in [-0.3, -0.25) is 24.0 Å². The van der Waals surface area contributed by atoms with Gasteiger partial charge in [0.15, 0.2) is 11.8 Å². The smallest absolute Gasteiger partial charge is 0.324 e. The van der Waals surface area contributed by atoms with Crippen LogP contribution >= 0.6 is 15.8 Å². The van der Waals surface area contributed by atoms with E-state index in [4.69, 9.17) is 28.8 Å². The van der Waals surface area contributed by atoms with E-state index in [9.17, 15) is 19.2 Å². The molecule has 0 amide bonds. The maximum atomic E-state index is 13.7. The first-order valence-corrected chi connectivity index (χ1v) is 20.7. The van der Waals surface area contributed by atoms with Gasteiger partial charge < -0.3 is 24.1 Å². The Bertz CT molecular complexity index is 1800. The van der Waals surface area contributed by atoms with Crippen LogP contribution in [0.15, 0.2) is 140 Å². The van der Waals surface area contributed by atoms with E-state index in [0.29, 0.717) is 11.1 Å². The predicted octanol–water partition coefficient (Wildman–Crippen LogP) is 5.31. The Kier molecular flexibility index (Phi) is 18.9. The molecule has 0 fully saturated rings. The van der Waals surface area contributed by atoms with Crippen LogP contribution in [0.4, 0.5) is 0 Å². The third-order valence-electron chi connectivity index (χ3n) is 8.96. The van der Waals surface area contributed by atoms with Crippen molar-refractivity contribution in [1.29, 1.82) is 0 Å². The molecule has 2 atom stereocenters. The van der Waals surface area contributed by atoms with Gasteiger partial charge in [-0.15, -0.1) is 11.1 Å². The number of carbonyl (C=O) groups is 5. The van der Waals surface area contributed by atoms with E-state index in [1.54, 1.807) is 0 Å². The van der Waals surface area contributed by atoms with Crippen LogP contribution in [0, 0.1) is 17.9 Å². The van der Waals surface area contributed by atoms with Crippen molar-refractivity contribution in [3.8, 4) is 0 Å². The summed E-state index contributed by atoms with van der Waals surface area (Å²) in [5.41, 5.74) is -0.537. The molecule has 0 saturated carbocycles. The Hall–Kier alpha value is -5.03. The minimum absolute atomic E-state index is 0. The number of aliphatic carboxylic acids is 1. The van der Waals surface area contributed by atoms with Gasteiger partial charge in [0.25, 0.3) is 5.97 Å². The van der Waals surface area contributed by atoms with E-state index in [-0.39, 0.29) is 20.4 Å². The maximum Gasteiger partial charge on any atom is 0.324 e. The van der Waals surface area contributed by atoms with E-state index in [0.717, 1.165) is 28.1 Å². The predicted molar refractivity (Wildman–Crippen MR) is 220 cm³/mol. The number of carboxylic acid groups (broad SMARTS) is 1. The molecule has 57 heavy (non-hydrogen) atoms. The van der Waals surface area contributed by atoms with Gasteiger partial charge >= 0.3 is 23.9 Å². The van der Waals surface area contributed by atoms with E-state index in [2.05, 4.69) is 6.07 Å². The normalized spacial score (nSPS) is 11.7. The summed E-state index contributed by atoms with van der Waals surface area (Å²) in [5, 5.41) is 11.2. The number of carbonyl (C=O) groups excluding carboxylic acids is 4. The van der Waals surface area contributed by atoms with Gasteiger partial charge in [0.05, 0.1) is 65.5 Å². The van der Waals surface area contributed by atoms with Crippen molar-refractivity contribution >= 4 is 66.9 Å². The summed E-state index contributed by atoms with van der Waals surface area (Å²) in [6.07, 6.45) is 0. The molecule has 0 aliphatic heterocycles. The molecule has 0 bridgehead atoms. The first-order chi connectivity index (χ1) is 27.1. The molecule has 5 rings (SSSR count). The number of rotatable bonds is 14. The number of hydrogen-bond donors (Lipinski definition) is 1. The van der Waals surface area contributed by atoms with Gasteiger partial charge in [0, 0.05) is 27.3 Å². The fourth-order valence-electron chi connectivity index (χ4n) is 6.64. The minimum atomic E-state index is -2.03. The zero-order valence-electron chi connectivity index (χ0n) is 32.0. The Labute approximate surface area is 349 Å². The molecule has 10 nitrogen and oxygen atoms in total. The van der Waals surface area contributed by atoms with Crippen molar-refractivity contribution in [3.63, 3.8) is 0 Å². The maximum absolute atomic E-state index is 13.7. The van der Waals surface area contributed by atoms with Gasteiger partial charge in [-0.05, 0) is 48.5 Å². The summed E-state index contributed by atoms with van der Waals surface area (Å²) in [6, 6.07) is 48.0. The molecule has 13 heteroatoms. The zero-order valence-corrected chi connectivity index (χ0v) is 35.6. The molecule has 0 unspecified atom stereocenters. The Morgan fingerprint density at radius 2 is 0.684 bits per heavy atom. The fraction of sp³-hybridized carbons (Fsp3) is 0.205. The average Bonchev–Trinajstić information content (AvgIpc) is 3.24. The fourth-order valence-corrected chi connectivity index (χ4v) is 13.1. The minimum Gasteiger partial charge on any atom is -0.481 e. The summed E-state index contributed by atoms with van der Waals surface area (Å²) in [4.78, 5) is 63.9. The number of hydrogen-bond acceptors (Lipinski definition) is 9. The number of esters is 4. The average molecular weight is 902 g/mol. The van der Waals surface area contributed by atoms with Gasteiger partial charge in [0.2, 0.25) is 0 Å². The van der Waals surface area contributed by atoms with Crippen LogP contribution in [0.5, 0.6) is 0 Å². The molecule has 5 aromatic carbocycles. The Morgan fingerprint density at radius 3 is 0.895 bits per heavy atom. The number of methoxy groups -OCH3 is 4. The quantitative estimate of drug-likeness (QED) is 0.0389. The molecule has 1 N–H and O–H groups in total. The summed E-state index contributed by atoms with van der Waals surface area (Å²) >= 11 is 0. The summed E-state index contributed by atoms with van der Waals surface area (Å²) < 4.78 is 21.1. The topological polar surface area (TPSA) is 142 Å². The van der Waals surface area contributed by atoms with Crippen molar-refractivity contribution in [3.05, 3.63) is 157 Å². The summed E-state index contributed by atoms with van der Waals surface area (Å²) in [7, 11) is 0.914. The van der Waals surface area contributed by atoms with Crippen LogP contribution < -0.4 is 21.2 Å². The van der Waals surface area contributed by atoms with Crippen LogP contribution in [0.2, 0.25) is 0 Å². The SMILES string of the molecule is CC(=O)O.COC(=O)C(C(=O)OC)[C@H](c1[c-]c([C@@H](C(C(=O)OC)C(=O)OC)[PH+](c2ccccc2)c2ccccc2)ccc1)[PH+](c1ccccc1)c1ccccc1.[Pd]. The van der Waals surface area contributed by atoms with Crippen LogP contribution in [0.25, 0.3) is 0 Å². The molecule has 0 saturated heterocycles. The molecule has 300 valence electrons. The van der Waals surface area contributed by atoms with Crippen LogP contribution in [-0.2, 0) is 63.3 Å². The molecule has 0 heterocycles. The van der Waals surface area contributed by atoms with Crippen molar-refractivity contribution in [2.24, 2.45) is 11.8 Å². The van der Waals surface area contributed by atoms with Crippen molar-refractivity contribution in [2.45, 2.75) is 18.2 Å². The molecule has 0 aliphatic carbocycles. The summed E-state index contributed by atoms with van der Waals surface area (Å²) in [6.45, 7) is 1.08. The molecule has 5 aromatic rings. The summed E-state index contributed by atoms with van der Waals surface area (Å²) in [5.74, 6) is -6.55. The third-order valence-corrected chi connectivity index (χ3v) is 15.3. The van der Waals surface area contributed by atoms with Gasteiger partial charge in [-0.2, -0.15) is 24.3 Å². The monoisotopic (exact) mass is 901 g/mol. The van der Waals surface area contributed by atoms with Gasteiger partial charge in [-0.1, -0.05) is 72.8 Å². The van der Waals surface area contributed by atoms with E-state index in [1.807, 2.05) is 140 Å². The largest absolute Gasteiger partial charge is 0.481 e. The number of benzene rings is 5. The van der Waals surface area contributed by atoms with E-state index < -0.39 is 68.8 Å². The van der Waals surface area contributed by atoms with E-state index >= 15 is 0 Å². The van der Waals surface area contributed by atoms with Crippen molar-refractivity contribution < 1.29 is 68.4 Å². The molecule has 0 aliphatic rings. The van der Waals surface area contributed by atoms with Crippen LogP contribution in [0.3, 0.4) is 0 Å². The molecule has 0 radical (unpaired) electrons. The van der Waals surface area contributed by atoms with Crippen LogP contribution in [-0.4, -0.2) is 63.4 Å². The Morgan fingerprint density at radius 1 is 0.456 bits per heavy atom. The Balaban J connectivity index is 0.00000166. The first-order valence-electron chi connectivity index (χ1n) is 17.6. The second-order valence-electron chi connectivity index (χ2n) is 12.4. The van der Waals surface area contributed by atoms with Crippen molar-refractivity contribution in [1.82, 2.24) is 0 Å². The van der Waals surface area contributed by atoms with E-state index in [1.165, 1.54) is 28.4 Å². The number of carboxylic acids is 1. The van der Waals surface area contributed by atoms with Gasteiger partial charge in [0.1, 0.15) is 11.3 Å². The zero-order chi connectivity index (χ0) is 40.6. The molecular weight excluding hydrogens is 857 g/mol. The standard InChI is InChI=1S/C42H39O8P2.C2H4O2.Pd/c1-47-39(43)35(40(44)48-2)37(51(31-20-9-5-10-21-31)32-22-11-6-12-23-32)29-18-17-19-30(28-29)38(36(41(45)49-3)42(46)50-4)52(33-24-13-7-14-25-33)34-26-15-8-16-27-34;1-2(3)4;/h5-27,35-38H,1-4H3;1H3,(H,3,4);/q-1;;/p+2/t37-,38-;;/m0../s1. The van der Waals surface area contributed by atoms with Crippen LogP contribution in [0.1, 0.15) is 29.4 Å². The van der Waals surface area contributed by atoms with Gasteiger partial charge in [-0.25, -0.2) is 0 Å². The second kappa shape index (κ2) is 23.3. The molecule has 0 aromatic heterocycles. The first kappa shape index (κ1) is 46.4. The number of ether oxygens (including phenoxy) is 4.